The molecule has 1 unspecified atom stereocenters. The van der Waals surface area contributed by atoms with Crippen molar-refractivity contribution in [3.63, 3.8) is 0 Å². The molecule has 1 fully saturated rings. The molecule has 2 rings (SSSR count). The topological polar surface area (TPSA) is 106 Å². The standard InChI is InChI=1S/C11H18N6O2/c1-8-3-2-4-16(11(8)19)5-6-17-7-9(14-15-17)10(18)13-12/h7-8H,2-6,12H2,1H3,(H,13,18). The van der Waals surface area contributed by atoms with Gasteiger partial charge in [-0.3, -0.25) is 15.0 Å². The van der Waals surface area contributed by atoms with E-state index in [-0.39, 0.29) is 17.5 Å². The smallest absolute Gasteiger partial charge is 0.287 e. The van der Waals surface area contributed by atoms with E-state index in [9.17, 15) is 9.59 Å². The highest BCUT2D eigenvalue weighted by atomic mass is 16.2. The molecule has 2 heterocycles. The van der Waals surface area contributed by atoms with E-state index < -0.39 is 5.91 Å². The molecule has 1 aromatic heterocycles. The van der Waals surface area contributed by atoms with E-state index in [4.69, 9.17) is 5.84 Å². The number of piperidine rings is 1. The number of rotatable bonds is 4. The molecule has 1 aromatic rings. The number of nitrogen functional groups attached to an aromatic ring is 1. The Labute approximate surface area is 110 Å². The number of hydrogen-bond acceptors (Lipinski definition) is 5. The van der Waals surface area contributed by atoms with Gasteiger partial charge in [0.2, 0.25) is 5.91 Å². The third kappa shape index (κ3) is 3.08. The predicted molar refractivity (Wildman–Crippen MR) is 66.7 cm³/mol. The average Bonchev–Trinajstić information content (AvgIpc) is 2.88. The molecule has 8 heteroatoms. The Morgan fingerprint density at radius 2 is 2.37 bits per heavy atom. The molecule has 1 saturated heterocycles. The summed E-state index contributed by atoms with van der Waals surface area (Å²) in [6, 6.07) is 0. The highest BCUT2D eigenvalue weighted by molar-refractivity contribution is 5.91. The van der Waals surface area contributed by atoms with Gasteiger partial charge in [-0.25, -0.2) is 10.5 Å². The van der Waals surface area contributed by atoms with E-state index in [0.29, 0.717) is 13.1 Å². The fraction of sp³-hybridized carbons (Fsp3) is 0.636. The van der Waals surface area contributed by atoms with Crippen molar-refractivity contribution in [1.82, 2.24) is 25.3 Å². The largest absolute Gasteiger partial charge is 0.341 e. The third-order valence-corrected chi connectivity index (χ3v) is 3.30. The number of nitrogens with two attached hydrogens (primary N) is 1. The second-order valence-corrected chi connectivity index (χ2v) is 4.71. The summed E-state index contributed by atoms with van der Waals surface area (Å²) in [4.78, 5) is 24.9. The Kier molecular flexibility index (Phi) is 4.10. The fourth-order valence-corrected chi connectivity index (χ4v) is 2.16. The zero-order valence-electron chi connectivity index (χ0n) is 10.9. The van der Waals surface area contributed by atoms with Crippen molar-refractivity contribution in [2.45, 2.75) is 26.3 Å². The lowest BCUT2D eigenvalue weighted by Crippen LogP contribution is -2.41. The molecule has 19 heavy (non-hydrogen) atoms. The van der Waals surface area contributed by atoms with Crippen LogP contribution >= 0.6 is 0 Å². The number of amides is 2. The van der Waals surface area contributed by atoms with Gasteiger partial charge in [0.15, 0.2) is 5.69 Å². The molecule has 0 aromatic carbocycles. The van der Waals surface area contributed by atoms with Gasteiger partial charge in [0.1, 0.15) is 0 Å². The minimum atomic E-state index is -0.478. The molecular formula is C11H18N6O2. The van der Waals surface area contributed by atoms with Crippen LogP contribution in [-0.4, -0.2) is 44.8 Å². The van der Waals surface area contributed by atoms with Crippen LogP contribution < -0.4 is 11.3 Å². The summed E-state index contributed by atoms with van der Waals surface area (Å²) in [5, 5.41) is 7.53. The van der Waals surface area contributed by atoms with E-state index in [0.717, 1.165) is 19.4 Å². The molecule has 0 spiro atoms. The quantitative estimate of drug-likeness (QED) is 0.419. The number of hydrogen-bond donors (Lipinski definition) is 2. The van der Waals surface area contributed by atoms with Crippen molar-refractivity contribution in [3.8, 4) is 0 Å². The van der Waals surface area contributed by atoms with Crippen molar-refractivity contribution in [3.05, 3.63) is 11.9 Å². The van der Waals surface area contributed by atoms with Crippen molar-refractivity contribution >= 4 is 11.8 Å². The first-order chi connectivity index (χ1) is 9.11. The molecule has 1 atom stereocenters. The summed E-state index contributed by atoms with van der Waals surface area (Å²) in [6.07, 6.45) is 3.50. The van der Waals surface area contributed by atoms with E-state index >= 15 is 0 Å². The predicted octanol–water partition coefficient (Wildman–Crippen LogP) is -0.860. The van der Waals surface area contributed by atoms with E-state index in [1.54, 1.807) is 0 Å². The lowest BCUT2D eigenvalue weighted by molar-refractivity contribution is -0.137. The second kappa shape index (κ2) is 5.79. The van der Waals surface area contributed by atoms with E-state index in [1.165, 1.54) is 10.9 Å². The highest BCUT2D eigenvalue weighted by Gasteiger charge is 2.24. The average molecular weight is 266 g/mol. The van der Waals surface area contributed by atoms with Gasteiger partial charge in [-0.15, -0.1) is 5.10 Å². The maximum atomic E-state index is 11.9. The molecule has 8 nitrogen and oxygen atoms in total. The summed E-state index contributed by atoms with van der Waals surface area (Å²) < 4.78 is 1.54. The van der Waals surface area contributed by atoms with Crippen molar-refractivity contribution in [2.75, 3.05) is 13.1 Å². The van der Waals surface area contributed by atoms with E-state index in [2.05, 4.69) is 10.3 Å². The lowest BCUT2D eigenvalue weighted by atomic mass is 9.99. The minimum absolute atomic E-state index is 0.100. The van der Waals surface area contributed by atoms with Crippen LogP contribution in [0.2, 0.25) is 0 Å². The monoisotopic (exact) mass is 266 g/mol. The van der Waals surface area contributed by atoms with Gasteiger partial charge in [-0.1, -0.05) is 12.1 Å². The zero-order chi connectivity index (χ0) is 13.8. The molecule has 0 saturated carbocycles. The number of carbonyl (C=O) groups excluding carboxylic acids is 2. The Hall–Kier alpha value is -1.96. The summed E-state index contributed by atoms with van der Waals surface area (Å²) >= 11 is 0. The molecule has 0 radical (unpaired) electrons. The highest BCUT2D eigenvalue weighted by Crippen LogP contribution is 2.16. The summed E-state index contributed by atoms with van der Waals surface area (Å²) in [5.74, 6) is 4.82. The molecule has 2 amide bonds. The SMILES string of the molecule is CC1CCCN(CCn2cc(C(=O)NN)nn2)C1=O. The van der Waals surface area contributed by atoms with Crippen LogP contribution in [-0.2, 0) is 11.3 Å². The van der Waals surface area contributed by atoms with Crippen LogP contribution in [0.4, 0.5) is 0 Å². The Balaban J connectivity index is 1.90. The maximum absolute atomic E-state index is 11.9. The van der Waals surface area contributed by atoms with Gasteiger partial charge in [0.05, 0.1) is 12.7 Å². The van der Waals surface area contributed by atoms with Gasteiger partial charge in [0, 0.05) is 19.0 Å². The summed E-state index contributed by atoms with van der Waals surface area (Å²) in [7, 11) is 0. The molecule has 0 aliphatic carbocycles. The Morgan fingerprint density at radius 3 is 3.11 bits per heavy atom. The van der Waals surface area contributed by atoms with Gasteiger partial charge < -0.3 is 4.90 Å². The van der Waals surface area contributed by atoms with Crippen LogP contribution in [0, 0.1) is 5.92 Å². The first kappa shape index (κ1) is 13.5. The van der Waals surface area contributed by atoms with Gasteiger partial charge >= 0.3 is 0 Å². The molecule has 1 aliphatic rings. The van der Waals surface area contributed by atoms with Crippen LogP contribution in [0.3, 0.4) is 0 Å². The van der Waals surface area contributed by atoms with Gasteiger partial charge in [0.25, 0.3) is 5.91 Å². The zero-order valence-corrected chi connectivity index (χ0v) is 10.9. The summed E-state index contributed by atoms with van der Waals surface area (Å²) in [6.45, 7) is 3.83. The van der Waals surface area contributed by atoms with Crippen molar-refractivity contribution in [1.29, 1.82) is 0 Å². The van der Waals surface area contributed by atoms with Crippen molar-refractivity contribution < 1.29 is 9.59 Å². The van der Waals surface area contributed by atoms with Crippen molar-refractivity contribution in [2.24, 2.45) is 11.8 Å². The van der Waals surface area contributed by atoms with Gasteiger partial charge in [-0.05, 0) is 12.8 Å². The normalized spacial score (nSPS) is 19.6. The third-order valence-electron chi connectivity index (χ3n) is 3.30. The van der Waals surface area contributed by atoms with Gasteiger partial charge in [-0.2, -0.15) is 0 Å². The lowest BCUT2D eigenvalue weighted by Gasteiger charge is -2.30. The van der Waals surface area contributed by atoms with Crippen LogP contribution in [0.1, 0.15) is 30.3 Å². The molecule has 104 valence electrons. The van der Waals surface area contributed by atoms with Crippen LogP contribution in [0.5, 0.6) is 0 Å². The van der Waals surface area contributed by atoms with E-state index in [1.807, 2.05) is 17.2 Å². The Bertz CT molecular complexity index is 472. The number of hydrazine groups is 1. The van der Waals surface area contributed by atoms with Crippen LogP contribution in [0.15, 0.2) is 6.20 Å². The number of nitrogens with one attached hydrogen (secondary N) is 1. The fourth-order valence-electron chi connectivity index (χ4n) is 2.16. The molecular weight excluding hydrogens is 248 g/mol. The maximum Gasteiger partial charge on any atom is 0.287 e. The number of carbonyl (C=O) groups is 2. The first-order valence-electron chi connectivity index (χ1n) is 6.31. The second-order valence-electron chi connectivity index (χ2n) is 4.71. The number of aromatic nitrogens is 3. The molecule has 0 bridgehead atoms. The first-order valence-corrected chi connectivity index (χ1v) is 6.31. The van der Waals surface area contributed by atoms with Crippen LogP contribution in [0.25, 0.3) is 0 Å². The summed E-state index contributed by atoms with van der Waals surface area (Å²) in [5.41, 5.74) is 2.16. The number of likely N-dealkylation sites (tertiary alicyclic amines) is 1. The minimum Gasteiger partial charge on any atom is -0.341 e. The number of nitrogens with zero attached hydrogens (tertiary/aromatic N) is 4. The molecule has 1 aliphatic heterocycles. The molecule has 3 N–H and O–H groups in total. The Morgan fingerprint density at radius 1 is 1.58 bits per heavy atom.